The fourth-order valence-electron chi connectivity index (χ4n) is 4.48. The van der Waals surface area contributed by atoms with Crippen molar-refractivity contribution in [2.45, 2.75) is 50.5 Å². The van der Waals surface area contributed by atoms with E-state index in [1.807, 2.05) is 0 Å². The van der Waals surface area contributed by atoms with Gasteiger partial charge in [-0.25, -0.2) is 0 Å². The summed E-state index contributed by atoms with van der Waals surface area (Å²) in [6, 6.07) is 10.6. The molecule has 0 bridgehead atoms. The zero-order valence-electron chi connectivity index (χ0n) is 13.2. The molecule has 1 aliphatic heterocycles. The Morgan fingerprint density at radius 2 is 1.86 bits per heavy atom. The summed E-state index contributed by atoms with van der Waals surface area (Å²) in [6.45, 7) is 2.16. The van der Waals surface area contributed by atoms with E-state index in [0.29, 0.717) is 11.3 Å². The van der Waals surface area contributed by atoms with Crippen molar-refractivity contribution < 1.29 is 4.79 Å². The van der Waals surface area contributed by atoms with Crippen molar-refractivity contribution in [2.75, 3.05) is 13.1 Å². The van der Waals surface area contributed by atoms with E-state index in [9.17, 15) is 4.79 Å². The Bertz CT molecular complexity index is 544. The average molecular weight is 298 g/mol. The number of carbonyl (C=O) groups excluding carboxylic acids is 1. The molecule has 3 nitrogen and oxygen atoms in total. The normalized spacial score (nSPS) is 27.9. The first-order chi connectivity index (χ1) is 10.7. The molecule has 1 amide bonds. The van der Waals surface area contributed by atoms with Crippen molar-refractivity contribution in [1.82, 2.24) is 10.6 Å². The molecule has 2 aliphatic carbocycles. The first-order valence-electron chi connectivity index (χ1n) is 8.78. The molecule has 1 saturated heterocycles. The van der Waals surface area contributed by atoms with Crippen LogP contribution in [-0.4, -0.2) is 24.5 Å². The molecule has 118 valence electrons. The molecule has 3 heteroatoms. The summed E-state index contributed by atoms with van der Waals surface area (Å²) in [7, 11) is 0. The van der Waals surface area contributed by atoms with Crippen LogP contribution in [0.4, 0.5) is 0 Å². The van der Waals surface area contributed by atoms with Crippen LogP contribution in [0.1, 0.15) is 44.1 Å². The van der Waals surface area contributed by atoms with Gasteiger partial charge in [0.2, 0.25) is 5.91 Å². The lowest BCUT2D eigenvalue weighted by Gasteiger charge is -2.43. The molecule has 1 unspecified atom stereocenters. The molecule has 3 aliphatic rings. The summed E-state index contributed by atoms with van der Waals surface area (Å²) < 4.78 is 0. The van der Waals surface area contributed by atoms with Crippen LogP contribution in [0.5, 0.6) is 0 Å². The number of benzene rings is 1. The van der Waals surface area contributed by atoms with Gasteiger partial charge < -0.3 is 10.6 Å². The largest absolute Gasteiger partial charge is 0.350 e. The van der Waals surface area contributed by atoms with Crippen molar-refractivity contribution >= 4 is 5.91 Å². The lowest BCUT2D eigenvalue weighted by molar-refractivity contribution is -0.126. The van der Waals surface area contributed by atoms with E-state index >= 15 is 0 Å². The van der Waals surface area contributed by atoms with Crippen molar-refractivity contribution in [2.24, 2.45) is 11.3 Å². The summed E-state index contributed by atoms with van der Waals surface area (Å²) in [5.41, 5.74) is 1.72. The van der Waals surface area contributed by atoms with Crippen LogP contribution < -0.4 is 10.6 Å². The van der Waals surface area contributed by atoms with Gasteiger partial charge in [0.1, 0.15) is 0 Å². The van der Waals surface area contributed by atoms with Gasteiger partial charge in [-0.3, -0.25) is 4.79 Å². The summed E-state index contributed by atoms with van der Waals surface area (Å²) >= 11 is 0. The molecule has 2 saturated carbocycles. The third kappa shape index (κ3) is 2.56. The van der Waals surface area contributed by atoms with Crippen molar-refractivity contribution in [3.05, 3.63) is 35.9 Å². The predicted octanol–water partition coefficient (Wildman–Crippen LogP) is 2.66. The van der Waals surface area contributed by atoms with E-state index in [4.69, 9.17) is 0 Å². The minimum absolute atomic E-state index is 0.0368. The number of piperidine rings is 1. The van der Waals surface area contributed by atoms with Crippen LogP contribution in [0.3, 0.4) is 0 Å². The number of amides is 1. The van der Waals surface area contributed by atoms with E-state index < -0.39 is 0 Å². The maximum absolute atomic E-state index is 12.7. The lowest BCUT2D eigenvalue weighted by atomic mass is 9.72. The molecule has 3 fully saturated rings. The van der Waals surface area contributed by atoms with Crippen molar-refractivity contribution in [3.63, 3.8) is 0 Å². The minimum Gasteiger partial charge on any atom is -0.350 e. The molecule has 4 rings (SSSR count). The molecule has 2 N–H and O–H groups in total. The van der Waals surface area contributed by atoms with Crippen LogP contribution in [0, 0.1) is 11.3 Å². The van der Waals surface area contributed by atoms with Gasteiger partial charge in [0.25, 0.3) is 0 Å². The quantitative estimate of drug-likeness (QED) is 0.897. The molecule has 1 spiro atoms. The molecular formula is C19H26N2O. The zero-order valence-corrected chi connectivity index (χ0v) is 13.2. The van der Waals surface area contributed by atoms with Crippen LogP contribution in [0.25, 0.3) is 0 Å². The fraction of sp³-hybridized carbons (Fsp3) is 0.632. The Morgan fingerprint density at radius 3 is 2.50 bits per heavy atom. The first kappa shape index (κ1) is 14.3. The molecule has 1 aromatic carbocycles. The summed E-state index contributed by atoms with van der Waals surface area (Å²) in [5.74, 6) is 0.611. The highest BCUT2D eigenvalue weighted by Gasteiger charge is 2.58. The Labute approximate surface area is 132 Å². The second-order valence-electron chi connectivity index (χ2n) is 7.65. The van der Waals surface area contributed by atoms with E-state index in [1.165, 1.54) is 24.8 Å². The molecular weight excluding hydrogens is 272 g/mol. The monoisotopic (exact) mass is 298 g/mol. The van der Waals surface area contributed by atoms with Crippen LogP contribution in [0.2, 0.25) is 0 Å². The molecule has 0 radical (unpaired) electrons. The van der Waals surface area contributed by atoms with Crippen molar-refractivity contribution in [3.8, 4) is 0 Å². The number of rotatable bonds is 4. The standard InChI is InChI=1S/C19H26N2O/c22-17(16-14-18(16)9-11-20-12-10-18)21-19(7-4-8-19)13-15-5-2-1-3-6-15/h1-3,5-6,16,20H,4,7-14H2,(H,21,22). The Kier molecular flexibility index (Phi) is 3.48. The second kappa shape index (κ2) is 5.38. The Morgan fingerprint density at radius 1 is 1.14 bits per heavy atom. The van der Waals surface area contributed by atoms with Crippen LogP contribution >= 0.6 is 0 Å². The molecule has 0 aromatic heterocycles. The van der Waals surface area contributed by atoms with Gasteiger partial charge in [-0.05, 0) is 69.0 Å². The van der Waals surface area contributed by atoms with Gasteiger partial charge in [-0.1, -0.05) is 30.3 Å². The maximum atomic E-state index is 12.7. The van der Waals surface area contributed by atoms with Gasteiger partial charge in [0.05, 0.1) is 0 Å². The van der Waals surface area contributed by atoms with E-state index in [-0.39, 0.29) is 11.5 Å². The highest BCUT2D eigenvalue weighted by atomic mass is 16.2. The van der Waals surface area contributed by atoms with Crippen LogP contribution in [0.15, 0.2) is 30.3 Å². The fourth-order valence-corrected chi connectivity index (χ4v) is 4.48. The number of hydrogen-bond donors (Lipinski definition) is 2. The maximum Gasteiger partial charge on any atom is 0.224 e. The third-order valence-electron chi connectivity index (χ3n) is 6.19. The Balaban J connectivity index is 1.40. The van der Waals surface area contributed by atoms with Crippen molar-refractivity contribution in [1.29, 1.82) is 0 Å². The Hall–Kier alpha value is -1.35. The third-order valence-corrected chi connectivity index (χ3v) is 6.19. The average Bonchev–Trinajstić information content (AvgIpc) is 3.20. The summed E-state index contributed by atoms with van der Waals surface area (Å²) in [6.07, 6.45) is 7.97. The van der Waals surface area contributed by atoms with Gasteiger partial charge in [0.15, 0.2) is 0 Å². The van der Waals surface area contributed by atoms with E-state index in [2.05, 4.69) is 41.0 Å². The SMILES string of the molecule is O=C(NC1(Cc2ccccc2)CCC1)C1CC12CCNCC2. The second-order valence-corrected chi connectivity index (χ2v) is 7.65. The van der Waals surface area contributed by atoms with Crippen LogP contribution in [-0.2, 0) is 11.2 Å². The highest BCUT2D eigenvalue weighted by Crippen LogP contribution is 2.58. The van der Waals surface area contributed by atoms with Gasteiger partial charge in [-0.15, -0.1) is 0 Å². The topological polar surface area (TPSA) is 41.1 Å². The van der Waals surface area contributed by atoms with Gasteiger partial charge >= 0.3 is 0 Å². The number of carbonyl (C=O) groups is 1. The van der Waals surface area contributed by atoms with Gasteiger partial charge in [0, 0.05) is 11.5 Å². The minimum atomic E-state index is 0.0368. The van der Waals surface area contributed by atoms with E-state index in [0.717, 1.165) is 38.8 Å². The highest BCUT2D eigenvalue weighted by molar-refractivity contribution is 5.83. The predicted molar refractivity (Wildman–Crippen MR) is 87.5 cm³/mol. The zero-order chi connectivity index (χ0) is 15.0. The lowest BCUT2D eigenvalue weighted by Crippen LogP contribution is -2.55. The summed E-state index contributed by atoms with van der Waals surface area (Å²) in [5, 5.41) is 6.86. The smallest absolute Gasteiger partial charge is 0.224 e. The van der Waals surface area contributed by atoms with E-state index in [1.54, 1.807) is 0 Å². The number of nitrogens with one attached hydrogen (secondary N) is 2. The molecule has 1 aromatic rings. The molecule has 1 heterocycles. The molecule has 22 heavy (non-hydrogen) atoms. The summed E-state index contributed by atoms with van der Waals surface area (Å²) in [4.78, 5) is 12.7. The molecule has 1 atom stereocenters. The number of hydrogen-bond acceptors (Lipinski definition) is 2. The first-order valence-corrected chi connectivity index (χ1v) is 8.78. The van der Waals surface area contributed by atoms with Gasteiger partial charge in [-0.2, -0.15) is 0 Å².